The maximum Gasteiger partial charge on any atom is 0.407 e. The lowest BCUT2D eigenvalue weighted by Gasteiger charge is -2.09. The largest absolute Gasteiger partial charge is 0.468 e. The monoisotopic (exact) mass is 309 g/mol. The van der Waals surface area contributed by atoms with Crippen LogP contribution in [0.1, 0.15) is 24.8 Å². The predicted molar refractivity (Wildman–Crippen MR) is 82.9 cm³/mol. The maximum absolute atomic E-state index is 11.5. The Morgan fingerprint density at radius 2 is 1.91 bits per heavy atom. The summed E-state index contributed by atoms with van der Waals surface area (Å²) in [6.45, 7) is 0.661. The minimum Gasteiger partial charge on any atom is -0.468 e. The summed E-state index contributed by atoms with van der Waals surface area (Å²) in [5, 5.41) is 2.64. The van der Waals surface area contributed by atoms with Crippen molar-refractivity contribution < 1.29 is 19.1 Å². The summed E-state index contributed by atoms with van der Waals surface area (Å²) in [6, 6.07) is 6.50. The highest BCUT2D eigenvalue weighted by molar-refractivity contribution is 5.75. The number of nitrogens with one attached hydrogen (secondary N) is 1. The molecule has 0 fully saturated rings. The number of nitrogens with two attached hydrogens (primary N) is 2. The van der Waals surface area contributed by atoms with E-state index < -0.39 is 18.1 Å². The van der Waals surface area contributed by atoms with Crippen molar-refractivity contribution in [2.75, 3.05) is 19.4 Å². The number of methoxy groups -OCH3 is 1. The summed E-state index contributed by atoms with van der Waals surface area (Å²) in [5.74, 6) is -0.420. The molecule has 22 heavy (non-hydrogen) atoms. The zero-order valence-corrected chi connectivity index (χ0v) is 12.7. The van der Waals surface area contributed by atoms with Crippen molar-refractivity contribution in [3.63, 3.8) is 0 Å². The molecule has 0 aliphatic rings. The first-order valence-corrected chi connectivity index (χ1v) is 7.11. The molecule has 0 saturated heterocycles. The minimum absolute atomic E-state index is 0.194. The number of alkyl carbamates (subject to hydrolysis) is 1. The van der Waals surface area contributed by atoms with Crippen LogP contribution < -0.4 is 16.8 Å². The van der Waals surface area contributed by atoms with Crippen LogP contribution in [0.4, 0.5) is 10.5 Å². The number of ether oxygens (including phenoxy) is 2. The van der Waals surface area contributed by atoms with Crippen LogP contribution in [-0.4, -0.2) is 31.8 Å². The molecule has 0 saturated carbocycles. The molecule has 7 heteroatoms. The fraction of sp³-hybridized carbons (Fsp3) is 0.467. The Hall–Kier alpha value is -2.28. The Morgan fingerprint density at radius 3 is 2.55 bits per heavy atom. The van der Waals surface area contributed by atoms with Gasteiger partial charge in [0.1, 0.15) is 12.6 Å². The van der Waals surface area contributed by atoms with Crippen molar-refractivity contribution in [2.45, 2.75) is 31.9 Å². The maximum atomic E-state index is 11.5. The fourth-order valence-electron chi connectivity index (χ4n) is 1.76. The van der Waals surface area contributed by atoms with Gasteiger partial charge in [-0.2, -0.15) is 0 Å². The smallest absolute Gasteiger partial charge is 0.407 e. The van der Waals surface area contributed by atoms with Gasteiger partial charge in [-0.25, -0.2) is 4.79 Å². The first kappa shape index (κ1) is 17.8. The van der Waals surface area contributed by atoms with Gasteiger partial charge in [0.25, 0.3) is 0 Å². The molecule has 7 nitrogen and oxygen atoms in total. The zero-order chi connectivity index (χ0) is 16.4. The molecule has 0 radical (unpaired) electrons. The molecule has 0 aliphatic heterocycles. The molecule has 1 unspecified atom stereocenters. The number of esters is 1. The van der Waals surface area contributed by atoms with E-state index in [0.29, 0.717) is 31.5 Å². The van der Waals surface area contributed by atoms with Gasteiger partial charge in [-0.1, -0.05) is 12.1 Å². The van der Waals surface area contributed by atoms with Crippen LogP contribution in [0.15, 0.2) is 24.3 Å². The van der Waals surface area contributed by atoms with Gasteiger partial charge < -0.3 is 26.3 Å². The second kappa shape index (κ2) is 9.62. The topological polar surface area (TPSA) is 117 Å². The third-order valence-corrected chi connectivity index (χ3v) is 3.06. The average molecular weight is 309 g/mol. The third-order valence-electron chi connectivity index (χ3n) is 3.06. The normalized spacial score (nSPS) is 11.5. The van der Waals surface area contributed by atoms with Crippen molar-refractivity contribution in [1.29, 1.82) is 0 Å². The van der Waals surface area contributed by atoms with Crippen LogP contribution in [-0.2, 0) is 20.9 Å². The molecular formula is C15H23N3O4. The van der Waals surface area contributed by atoms with E-state index in [-0.39, 0.29) is 6.61 Å². The summed E-state index contributed by atoms with van der Waals surface area (Å²) in [6.07, 6.45) is 1.47. The number of hydrogen-bond acceptors (Lipinski definition) is 6. The summed E-state index contributed by atoms with van der Waals surface area (Å²) in [4.78, 5) is 22.6. The van der Waals surface area contributed by atoms with Gasteiger partial charge in [0.15, 0.2) is 0 Å². The first-order chi connectivity index (χ1) is 10.5. The standard InChI is InChI=1S/C15H23N3O4/c1-21-14(19)13(17)4-2-3-9-18-15(20)22-10-11-5-7-12(16)8-6-11/h5-8,13H,2-4,9-10,16-17H2,1H3,(H,18,20). The predicted octanol–water partition coefficient (Wildman–Crippen LogP) is 1.17. The molecule has 1 aromatic rings. The Kier molecular flexibility index (Phi) is 7.77. The number of anilines is 1. The van der Waals surface area contributed by atoms with Gasteiger partial charge in [0, 0.05) is 12.2 Å². The highest BCUT2D eigenvalue weighted by Gasteiger charge is 2.12. The molecule has 0 bridgehead atoms. The molecule has 1 rings (SSSR count). The van der Waals surface area contributed by atoms with Gasteiger partial charge in [-0.15, -0.1) is 0 Å². The van der Waals surface area contributed by atoms with Crippen molar-refractivity contribution >= 4 is 17.7 Å². The highest BCUT2D eigenvalue weighted by atomic mass is 16.5. The van der Waals surface area contributed by atoms with E-state index in [1.165, 1.54) is 7.11 Å². The fourth-order valence-corrected chi connectivity index (χ4v) is 1.76. The van der Waals surface area contributed by atoms with E-state index in [1.54, 1.807) is 24.3 Å². The minimum atomic E-state index is -0.609. The van der Waals surface area contributed by atoms with Gasteiger partial charge in [-0.05, 0) is 37.0 Å². The third kappa shape index (κ3) is 6.94. The molecule has 1 aromatic carbocycles. The number of amides is 1. The molecular weight excluding hydrogens is 286 g/mol. The molecule has 1 amide bonds. The Labute approximate surface area is 129 Å². The molecule has 122 valence electrons. The zero-order valence-electron chi connectivity index (χ0n) is 12.7. The van der Waals surface area contributed by atoms with Gasteiger partial charge in [0.2, 0.25) is 0 Å². The van der Waals surface area contributed by atoms with Crippen LogP contribution in [0.25, 0.3) is 0 Å². The van der Waals surface area contributed by atoms with Crippen molar-refractivity contribution in [1.82, 2.24) is 5.32 Å². The van der Waals surface area contributed by atoms with Crippen molar-refractivity contribution in [3.8, 4) is 0 Å². The lowest BCUT2D eigenvalue weighted by Crippen LogP contribution is -2.31. The Morgan fingerprint density at radius 1 is 1.23 bits per heavy atom. The summed E-state index contributed by atoms with van der Waals surface area (Å²) in [5.41, 5.74) is 12.7. The summed E-state index contributed by atoms with van der Waals surface area (Å²) >= 11 is 0. The quantitative estimate of drug-likeness (QED) is 0.377. The van der Waals surface area contributed by atoms with E-state index >= 15 is 0 Å². The first-order valence-electron chi connectivity index (χ1n) is 7.11. The van der Waals surface area contributed by atoms with Crippen LogP contribution in [0, 0.1) is 0 Å². The summed E-state index contributed by atoms with van der Waals surface area (Å²) < 4.78 is 9.59. The molecule has 0 aliphatic carbocycles. The van der Waals surface area contributed by atoms with Crippen LogP contribution in [0.2, 0.25) is 0 Å². The van der Waals surface area contributed by atoms with Gasteiger partial charge in [-0.3, -0.25) is 4.79 Å². The lowest BCUT2D eigenvalue weighted by molar-refractivity contribution is -0.142. The highest BCUT2D eigenvalue weighted by Crippen LogP contribution is 2.06. The number of nitrogen functional groups attached to an aromatic ring is 1. The van der Waals surface area contributed by atoms with Crippen LogP contribution >= 0.6 is 0 Å². The number of carbonyl (C=O) groups is 2. The molecule has 0 spiro atoms. The number of hydrogen-bond donors (Lipinski definition) is 3. The van der Waals surface area contributed by atoms with E-state index in [0.717, 1.165) is 5.56 Å². The molecule has 5 N–H and O–H groups in total. The molecule has 1 atom stereocenters. The van der Waals surface area contributed by atoms with Crippen LogP contribution in [0.3, 0.4) is 0 Å². The van der Waals surface area contributed by atoms with E-state index in [1.807, 2.05) is 0 Å². The molecule has 0 aromatic heterocycles. The average Bonchev–Trinajstić information content (AvgIpc) is 2.53. The van der Waals surface area contributed by atoms with E-state index in [9.17, 15) is 9.59 Å². The lowest BCUT2D eigenvalue weighted by atomic mass is 10.1. The van der Waals surface area contributed by atoms with E-state index in [4.69, 9.17) is 16.2 Å². The SMILES string of the molecule is COC(=O)C(N)CCCCNC(=O)OCc1ccc(N)cc1. The second-order valence-electron chi connectivity index (χ2n) is 4.87. The molecule has 0 heterocycles. The number of unbranched alkanes of at least 4 members (excludes halogenated alkanes) is 1. The number of carbonyl (C=O) groups excluding carboxylic acids is 2. The van der Waals surface area contributed by atoms with E-state index in [2.05, 4.69) is 10.1 Å². The van der Waals surface area contributed by atoms with Gasteiger partial charge in [0.05, 0.1) is 7.11 Å². The summed E-state index contributed by atoms with van der Waals surface area (Å²) in [7, 11) is 1.31. The van der Waals surface area contributed by atoms with Crippen molar-refractivity contribution in [2.24, 2.45) is 5.73 Å². The Balaban J connectivity index is 2.08. The number of benzene rings is 1. The number of rotatable bonds is 8. The van der Waals surface area contributed by atoms with Crippen molar-refractivity contribution in [3.05, 3.63) is 29.8 Å². The van der Waals surface area contributed by atoms with Gasteiger partial charge >= 0.3 is 12.1 Å². The van der Waals surface area contributed by atoms with Crippen LogP contribution in [0.5, 0.6) is 0 Å². The Bertz CT molecular complexity index is 476. The second-order valence-corrected chi connectivity index (χ2v) is 4.87.